The van der Waals surface area contributed by atoms with Crippen molar-refractivity contribution in [3.05, 3.63) is 22.4 Å². The van der Waals surface area contributed by atoms with Crippen LogP contribution in [0.1, 0.15) is 1.43 Å². The van der Waals surface area contributed by atoms with Gasteiger partial charge in [0.05, 0.1) is 12.0 Å². The number of hydrogen-bond donors (Lipinski definition) is 1. The Kier molecular flexibility index (Phi) is 5.31. The molecule has 1 aromatic rings. The van der Waals surface area contributed by atoms with Gasteiger partial charge in [0.2, 0.25) is 5.75 Å². The fraction of sp³-hybridized carbons (Fsp3) is 0.167. The third kappa shape index (κ3) is 3.15. The maximum Gasteiger partial charge on any atom is 1.00 e. The van der Waals surface area contributed by atoms with E-state index in [2.05, 4.69) is 17.6 Å². The molecule has 0 bridgehead atoms. The van der Waals surface area contributed by atoms with Gasteiger partial charge in [-0.2, -0.15) is 0 Å². The van der Waals surface area contributed by atoms with Crippen LogP contribution in [0.3, 0.4) is 0 Å². The van der Waals surface area contributed by atoms with E-state index >= 15 is 0 Å². The molecule has 1 aromatic heterocycles. The van der Waals surface area contributed by atoms with Gasteiger partial charge in [-0.05, 0) is 9.91 Å². The van der Waals surface area contributed by atoms with Crippen LogP contribution in [-0.2, 0) is 0 Å². The third-order valence-corrected chi connectivity index (χ3v) is 1.46. The summed E-state index contributed by atoms with van der Waals surface area (Å²) in [6.07, 6.45) is 1.30. The molecule has 0 aliphatic carbocycles. The van der Waals surface area contributed by atoms with Crippen molar-refractivity contribution in [3.63, 3.8) is 0 Å². The second-order valence-electron chi connectivity index (χ2n) is 1.98. The van der Waals surface area contributed by atoms with E-state index in [0.29, 0.717) is 4.90 Å². The normalized spacial score (nSPS) is 8.77. The first-order chi connectivity index (χ1) is 5.65. The molecule has 1 heterocycles. The summed E-state index contributed by atoms with van der Waals surface area (Å²) in [6.45, 7) is 0. The summed E-state index contributed by atoms with van der Waals surface area (Å²) in [6, 6.07) is 1.44. The van der Waals surface area contributed by atoms with Gasteiger partial charge in [-0.3, -0.25) is 0 Å². The van der Waals surface area contributed by atoms with Crippen LogP contribution in [-0.4, -0.2) is 17.0 Å². The van der Waals surface area contributed by atoms with Gasteiger partial charge in [0, 0.05) is 6.07 Å². The minimum atomic E-state index is -0.605. The van der Waals surface area contributed by atoms with Crippen molar-refractivity contribution < 1.29 is 40.6 Å². The Morgan fingerprint density at radius 1 is 1.77 bits per heavy atom. The number of pyridine rings is 1. The van der Waals surface area contributed by atoms with E-state index in [4.69, 9.17) is 4.74 Å². The van der Waals surface area contributed by atoms with Crippen molar-refractivity contribution in [2.24, 2.45) is 0 Å². The minimum absolute atomic E-state index is 0. The molecule has 13 heavy (non-hydrogen) atoms. The van der Waals surface area contributed by atoms with Crippen LogP contribution in [0.2, 0.25) is 0 Å². The van der Waals surface area contributed by atoms with E-state index in [1.807, 2.05) is 0 Å². The molecular weight excluding hydrogens is 203 g/mol. The number of aromatic nitrogens is 1. The fourth-order valence-corrected chi connectivity index (χ4v) is 0.889. The Labute approximate surface area is 104 Å². The molecule has 0 saturated heterocycles. The number of methoxy groups -OCH3 is 1. The van der Waals surface area contributed by atoms with Crippen LogP contribution < -0.4 is 34.3 Å². The van der Waals surface area contributed by atoms with Gasteiger partial charge in [0.25, 0.3) is 0 Å². The zero-order valence-electron chi connectivity index (χ0n) is 8.22. The second kappa shape index (κ2) is 5.43. The van der Waals surface area contributed by atoms with Crippen LogP contribution in [0.15, 0.2) is 17.2 Å². The summed E-state index contributed by atoms with van der Waals surface area (Å²) in [5.41, 5.74) is 0. The summed E-state index contributed by atoms with van der Waals surface area (Å²) in [5.74, 6) is -0.178. The molecule has 0 amide bonds. The van der Waals surface area contributed by atoms with Crippen LogP contribution in [0, 0.1) is 10.1 Å². The summed E-state index contributed by atoms with van der Waals surface area (Å²) in [7, 11) is 1.34. The number of nitro groups is 1. The van der Waals surface area contributed by atoms with Gasteiger partial charge in [-0.1, -0.05) is 0 Å². The van der Waals surface area contributed by atoms with E-state index in [-0.39, 0.29) is 42.6 Å². The van der Waals surface area contributed by atoms with Gasteiger partial charge in [-0.15, -0.1) is 12.6 Å². The SMILES string of the molecule is COc1cc(S)cnc1[N+](=O)[O-].[H-].[Na+]. The van der Waals surface area contributed by atoms with Crippen LogP contribution >= 0.6 is 12.6 Å². The van der Waals surface area contributed by atoms with E-state index < -0.39 is 4.92 Å². The van der Waals surface area contributed by atoms with Crippen LogP contribution in [0.4, 0.5) is 5.82 Å². The number of nitrogens with zero attached hydrogens (tertiary/aromatic N) is 2. The Morgan fingerprint density at radius 3 is 2.85 bits per heavy atom. The molecule has 0 radical (unpaired) electrons. The maximum absolute atomic E-state index is 10.3. The molecule has 0 N–H and O–H groups in total. The van der Waals surface area contributed by atoms with Crippen LogP contribution in [0.25, 0.3) is 0 Å². The largest absolute Gasteiger partial charge is 1.00 e. The third-order valence-electron chi connectivity index (χ3n) is 1.21. The van der Waals surface area contributed by atoms with E-state index in [1.165, 1.54) is 19.4 Å². The van der Waals surface area contributed by atoms with Gasteiger partial charge in [-0.25, -0.2) is 0 Å². The Morgan fingerprint density at radius 2 is 2.38 bits per heavy atom. The first-order valence-electron chi connectivity index (χ1n) is 3.02. The van der Waals surface area contributed by atoms with Crippen molar-refractivity contribution >= 4 is 18.4 Å². The minimum Gasteiger partial charge on any atom is -1.00 e. The molecule has 0 saturated carbocycles. The Balaban J connectivity index is 0. The van der Waals surface area contributed by atoms with Crippen molar-refractivity contribution in [1.82, 2.24) is 4.98 Å². The molecule has 0 aliphatic rings. The molecular formula is C6H7N2NaO3S. The fourth-order valence-electron chi connectivity index (χ4n) is 0.714. The smallest absolute Gasteiger partial charge is 1.00 e. The van der Waals surface area contributed by atoms with Crippen molar-refractivity contribution in [2.75, 3.05) is 7.11 Å². The quantitative estimate of drug-likeness (QED) is 0.276. The number of rotatable bonds is 2. The summed E-state index contributed by atoms with van der Waals surface area (Å²) >= 11 is 3.96. The Bertz CT molecular complexity index is 326. The molecule has 0 atom stereocenters. The van der Waals surface area contributed by atoms with Crippen molar-refractivity contribution in [3.8, 4) is 5.75 Å². The van der Waals surface area contributed by atoms with Crippen molar-refractivity contribution in [2.45, 2.75) is 4.90 Å². The molecule has 5 nitrogen and oxygen atoms in total. The summed E-state index contributed by atoms with van der Waals surface area (Å²) < 4.78 is 4.73. The average Bonchev–Trinajstić information content (AvgIpc) is 2.03. The zero-order chi connectivity index (χ0) is 9.14. The van der Waals surface area contributed by atoms with Crippen molar-refractivity contribution in [1.29, 1.82) is 0 Å². The van der Waals surface area contributed by atoms with Gasteiger partial charge in [0.15, 0.2) is 6.20 Å². The predicted octanol–water partition coefficient (Wildman–Crippen LogP) is -1.60. The molecule has 66 valence electrons. The topological polar surface area (TPSA) is 65.3 Å². The molecule has 0 unspecified atom stereocenters. The van der Waals surface area contributed by atoms with Gasteiger partial charge < -0.3 is 16.3 Å². The monoisotopic (exact) mass is 210 g/mol. The van der Waals surface area contributed by atoms with E-state index in [9.17, 15) is 10.1 Å². The second-order valence-corrected chi connectivity index (χ2v) is 2.49. The predicted molar refractivity (Wildman–Crippen MR) is 45.8 cm³/mol. The molecule has 0 aromatic carbocycles. The first-order valence-corrected chi connectivity index (χ1v) is 3.47. The maximum atomic E-state index is 10.3. The number of ether oxygens (including phenoxy) is 1. The van der Waals surface area contributed by atoms with E-state index in [0.717, 1.165) is 0 Å². The standard InChI is InChI=1S/C6H6N2O3S.Na.H/c1-11-5-2-4(12)3-7-6(5)8(9)10;;/h2-3,12H,1H3;;/q;+1;-1. The molecule has 0 spiro atoms. The molecule has 0 fully saturated rings. The zero-order valence-corrected chi connectivity index (χ0v) is 10.1. The average molecular weight is 210 g/mol. The van der Waals surface area contributed by atoms with Gasteiger partial charge >= 0.3 is 35.4 Å². The first kappa shape index (κ1) is 12.7. The number of hydrogen-bond acceptors (Lipinski definition) is 5. The summed E-state index contributed by atoms with van der Waals surface area (Å²) in [4.78, 5) is 13.8. The molecule has 0 aliphatic heterocycles. The summed E-state index contributed by atoms with van der Waals surface area (Å²) in [5, 5.41) is 10.3. The van der Waals surface area contributed by atoms with E-state index in [1.54, 1.807) is 0 Å². The molecule has 7 heteroatoms. The molecule has 1 rings (SSSR count). The van der Waals surface area contributed by atoms with Crippen LogP contribution in [0.5, 0.6) is 5.75 Å². The van der Waals surface area contributed by atoms with Gasteiger partial charge in [0.1, 0.15) is 0 Å². The Hall–Kier alpha value is -0.300. The number of thiol groups is 1.